The number of rotatable bonds is 5. The van der Waals surface area contributed by atoms with Crippen molar-refractivity contribution < 1.29 is 13.2 Å². The summed E-state index contributed by atoms with van der Waals surface area (Å²) in [4.78, 5) is 4.14. The Balaban J connectivity index is 0.00000288. The van der Waals surface area contributed by atoms with Crippen LogP contribution >= 0.6 is 24.0 Å². The van der Waals surface area contributed by atoms with Gasteiger partial charge in [0.2, 0.25) is 0 Å². The van der Waals surface area contributed by atoms with Crippen LogP contribution in [-0.2, 0) is 9.84 Å². The van der Waals surface area contributed by atoms with Crippen molar-refractivity contribution in [2.24, 2.45) is 4.99 Å². The topological polar surface area (TPSA) is 79.8 Å². The maximum Gasteiger partial charge on any atom is 0.191 e. The molecule has 1 aromatic rings. The highest BCUT2D eigenvalue weighted by atomic mass is 127. The molecule has 0 saturated carbocycles. The summed E-state index contributed by atoms with van der Waals surface area (Å²) < 4.78 is 28.9. The van der Waals surface area contributed by atoms with Crippen molar-refractivity contribution >= 4 is 39.8 Å². The van der Waals surface area contributed by atoms with Crippen LogP contribution in [-0.4, -0.2) is 51.6 Å². The molecule has 1 aliphatic rings. The minimum Gasteiger partial charge on any atom is -0.489 e. The Morgan fingerprint density at radius 3 is 2.71 bits per heavy atom. The number of benzene rings is 1. The van der Waals surface area contributed by atoms with Gasteiger partial charge in [0.05, 0.1) is 18.1 Å². The lowest BCUT2D eigenvalue weighted by atomic mass is 10.2. The molecule has 136 valence electrons. The summed E-state index contributed by atoms with van der Waals surface area (Å²) in [6, 6.07) is 7.81. The lowest BCUT2D eigenvalue weighted by Gasteiger charge is -2.20. The lowest BCUT2D eigenvalue weighted by Crippen LogP contribution is -2.46. The Labute approximate surface area is 161 Å². The van der Waals surface area contributed by atoms with Crippen LogP contribution in [0.25, 0.3) is 0 Å². The van der Waals surface area contributed by atoms with E-state index in [1.165, 1.54) is 0 Å². The van der Waals surface area contributed by atoms with Crippen molar-refractivity contribution in [1.29, 1.82) is 0 Å². The first kappa shape index (κ1) is 21.0. The van der Waals surface area contributed by atoms with Crippen LogP contribution in [0.1, 0.15) is 18.9 Å². The third kappa shape index (κ3) is 6.46. The van der Waals surface area contributed by atoms with Gasteiger partial charge in [0.25, 0.3) is 0 Å². The summed E-state index contributed by atoms with van der Waals surface area (Å²) in [5.41, 5.74) is 1.10. The van der Waals surface area contributed by atoms with Gasteiger partial charge in [0.15, 0.2) is 15.8 Å². The molecule has 1 heterocycles. The van der Waals surface area contributed by atoms with Crippen LogP contribution < -0.4 is 15.4 Å². The SMILES string of the molecule is CN=C(NCC(C)Oc1ccccc1C)NC1CCS(=O)(=O)C1.I. The smallest absolute Gasteiger partial charge is 0.191 e. The van der Waals surface area contributed by atoms with Gasteiger partial charge in [-0.3, -0.25) is 4.99 Å². The van der Waals surface area contributed by atoms with E-state index in [1.54, 1.807) is 7.05 Å². The van der Waals surface area contributed by atoms with Crippen LogP contribution in [0.3, 0.4) is 0 Å². The number of nitrogens with zero attached hydrogens (tertiary/aromatic N) is 1. The molecule has 2 rings (SSSR count). The second kappa shape index (κ2) is 9.45. The molecule has 0 aliphatic carbocycles. The van der Waals surface area contributed by atoms with E-state index in [1.807, 2.05) is 38.1 Å². The predicted octanol–water partition coefficient (Wildman–Crippen LogP) is 1.73. The van der Waals surface area contributed by atoms with Crippen molar-refractivity contribution in [2.45, 2.75) is 32.4 Å². The molecule has 1 saturated heterocycles. The van der Waals surface area contributed by atoms with E-state index < -0.39 is 9.84 Å². The maximum absolute atomic E-state index is 11.5. The van der Waals surface area contributed by atoms with Gasteiger partial charge in [-0.05, 0) is 31.9 Å². The van der Waals surface area contributed by atoms with Crippen molar-refractivity contribution in [3.63, 3.8) is 0 Å². The maximum atomic E-state index is 11.5. The monoisotopic (exact) mass is 467 g/mol. The number of aliphatic imine (C=N–C) groups is 1. The molecule has 0 radical (unpaired) electrons. The minimum atomic E-state index is -2.90. The minimum absolute atomic E-state index is 0. The first-order chi connectivity index (χ1) is 10.9. The quantitative estimate of drug-likeness (QED) is 0.392. The second-order valence-electron chi connectivity index (χ2n) is 5.89. The van der Waals surface area contributed by atoms with Crippen LogP contribution in [0.15, 0.2) is 29.3 Å². The van der Waals surface area contributed by atoms with E-state index in [9.17, 15) is 8.42 Å². The summed E-state index contributed by atoms with van der Waals surface area (Å²) in [6.07, 6.45) is 0.583. The molecule has 0 amide bonds. The number of sulfone groups is 1. The predicted molar refractivity (Wildman–Crippen MR) is 108 cm³/mol. The molecule has 1 aliphatic heterocycles. The van der Waals surface area contributed by atoms with E-state index in [0.717, 1.165) is 11.3 Å². The Kier molecular flexibility index (Phi) is 8.28. The Morgan fingerprint density at radius 1 is 1.42 bits per heavy atom. The summed E-state index contributed by atoms with van der Waals surface area (Å²) >= 11 is 0. The van der Waals surface area contributed by atoms with Gasteiger partial charge in [-0.25, -0.2) is 8.42 Å². The van der Waals surface area contributed by atoms with Crippen molar-refractivity contribution in [2.75, 3.05) is 25.1 Å². The average Bonchev–Trinajstić information content (AvgIpc) is 2.85. The van der Waals surface area contributed by atoms with Gasteiger partial charge in [-0.1, -0.05) is 18.2 Å². The fourth-order valence-corrected chi connectivity index (χ4v) is 4.16. The van der Waals surface area contributed by atoms with E-state index >= 15 is 0 Å². The molecule has 24 heavy (non-hydrogen) atoms. The number of hydrogen-bond donors (Lipinski definition) is 2. The van der Waals surface area contributed by atoms with Gasteiger partial charge < -0.3 is 15.4 Å². The zero-order chi connectivity index (χ0) is 16.9. The highest BCUT2D eigenvalue weighted by molar-refractivity contribution is 14.0. The first-order valence-electron chi connectivity index (χ1n) is 7.79. The number of halogens is 1. The molecule has 0 aromatic heterocycles. The Hall–Kier alpha value is -1.03. The van der Waals surface area contributed by atoms with Crippen LogP contribution in [0, 0.1) is 6.92 Å². The number of para-hydroxylation sites is 1. The van der Waals surface area contributed by atoms with Gasteiger partial charge in [-0.15, -0.1) is 24.0 Å². The van der Waals surface area contributed by atoms with Crippen molar-refractivity contribution in [3.05, 3.63) is 29.8 Å². The number of ether oxygens (including phenoxy) is 1. The fourth-order valence-electron chi connectivity index (χ4n) is 2.48. The zero-order valence-corrected chi connectivity index (χ0v) is 17.4. The Morgan fingerprint density at radius 2 is 2.12 bits per heavy atom. The molecule has 0 bridgehead atoms. The molecular weight excluding hydrogens is 441 g/mol. The van der Waals surface area contributed by atoms with E-state index in [0.29, 0.717) is 18.9 Å². The van der Waals surface area contributed by atoms with E-state index in [-0.39, 0.29) is 47.6 Å². The summed E-state index contributed by atoms with van der Waals surface area (Å²) in [7, 11) is -1.22. The highest BCUT2D eigenvalue weighted by Crippen LogP contribution is 2.17. The highest BCUT2D eigenvalue weighted by Gasteiger charge is 2.28. The van der Waals surface area contributed by atoms with E-state index in [4.69, 9.17) is 4.74 Å². The largest absolute Gasteiger partial charge is 0.489 e. The number of guanidine groups is 1. The third-order valence-corrected chi connectivity index (χ3v) is 5.54. The third-order valence-electron chi connectivity index (χ3n) is 3.78. The first-order valence-corrected chi connectivity index (χ1v) is 9.61. The number of aryl methyl sites for hydroxylation is 1. The van der Waals surface area contributed by atoms with Gasteiger partial charge >= 0.3 is 0 Å². The zero-order valence-electron chi connectivity index (χ0n) is 14.3. The van der Waals surface area contributed by atoms with Crippen molar-refractivity contribution in [1.82, 2.24) is 10.6 Å². The number of nitrogens with one attached hydrogen (secondary N) is 2. The standard InChI is InChI=1S/C16H25N3O3S.HI/c1-12-6-4-5-7-15(12)22-13(2)10-18-16(17-3)19-14-8-9-23(20,21)11-14;/h4-7,13-14H,8-11H2,1-3H3,(H2,17,18,19);1H. The van der Waals surface area contributed by atoms with Gasteiger partial charge in [0, 0.05) is 13.1 Å². The van der Waals surface area contributed by atoms with Crippen molar-refractivity contribution in [3.8, 4) is 5.75 Å². The molecule has 2 unspecified atom stereocenters. The summed E-state index contributed by atoms with van der Waals surface area (Å²) in [5, 5.41) is 6.34. The molecule has 8 heteroatoms. The van der Waals surface area contributed by atoms with Crippen LogP contribution in [0.4, 0.5) is 0 Å². The lowest BCUT2D eigenvalue weighted by molar-refractivity contribution is 0.222. The molecule has 1 aromatic carbocycles. The molecule has 2 N–H and O–H groups in total. The summed E-state index contributed by atoms with van der Waals surface area (Å²) in [6.45, 7) is 4.57. The normalized spacial score (nSPS) is 20.8. The van der Waals surface area contributed by atoms with Gasteiger partial charge in [0.1, 0.15) is 11.9 Å². The molecule has 1 fully saturated rings. The number of hydrogen-bond acceptors (Lipinski definition) is 4. The molecule has 0 spiro atoms. The van der Waals surface area contributed by atoms with Crippen LogP contribution in [0.5, 0.6) is 5.75 Å². The fraction of sp³-hybridized carbons (Fsp3) is 0.562. The molecule has 2 atom stereocenters. The molecular formula is C16H26IN3O3S. The van der Waals surface area contributed by atoms with Gasteiger partial charge in [-0.2, -0.15) is 0 Å². The average molecular weight is 467 g/mol. The van der Waals surface area contributed by atoms with Crippen LogP contribution in [0.2, 0.25) is 0 Å². The Bertz CT molecular complexity index is 664. The second-order valence-corrected chi connectivity index (χ2v) is 8.12. The van der Waals surface area contributed by atoms with E-state index in [2.05, 4.69) is 15.6 Å². The molecule has 6 nitrogen and oxygen atoms in total. The summed E-state index contributed by atoms with van der Waals surface area (Å²) in [5.74, 6) is 1.89.